The minimum atomic E-state index is -0.655. The minimum absolute atomic E-state index is 0.218. The highest BCUT2D eigenvalue weighted by molar-refractivity contribution is 5.39. The molecule has 1 rings (SSSR count). The molecule has 0 aliphatic carbocycles. The van der Waals surface area contributed by atoms with Crippen molar-refractivity contribution in [1.29, 1.82) is 0 Å². The van der Waals surface area contributed by atoms with Gasteiger partial charge in [-0.25, -0.2) is 5.90 Å². The van der Waals surface area contributed by atoms with Crippen molar-refractivity contribution < 1.29 is 9.94 Å². The van der Waals surface area contributed by atoms with Gasteiger partial charge < -0.3 is 5.11 Å². The number of hydrogen-bond donors (Lipinski definition) is 2. The zero-order chi connectivity index (χ0) is 10.1. The lowest BCUT2D eigenvalue weighted by molar-refractivity contribution is -0.0250. The van der Waals surface area contributed by atoms with E-state index in [1.165, 1.54) is 0 Å². The molecule has 1 aromatic rings. The van der Waals surface area contributed by atoms with Crippen LogP contribution >= 0.6 is 0 Å². The Balaban J connectivity index is 3.16. The first kappa shape index (κ1) is 10.0. The van der Waals surface area contributed by atoms with Gasteiger partial charge in [-0.2, -0.15) is 0 Å². The van der Waals surface area contributed by atoms with E-state index < -0.39 is 5.60 Å². The van der Waals surface area contributed by atoms with Gasteiger partial charge in [0.1, 0.15) is 11.4 Å². The zero-order valence-corrected chi connectivity index (χ0v) is 8.16. The van der Waals surface area contributed by atoms with E-state index in [1.807, 2.05) is 19.1 Å². The molecule has 0 aromatic heterocycles. The highest BCUT2D eigenvalue weighted by Crippen LogP contribution is 2.31. The number of rotatable bonds is 2. The second kappa shape index (κ2) is 3.36. The van der Waals surface area contributed by atoms with Crippen LogP contribution in [0.2, 0.25) is 0 Å². The van der Waals surface area contributed by atoms with Crippen LogP contribution in [-0.4, -0.2) is 5.11 Å². The molecule has 0 unspecified atom stereocenters. The predicted octanol–water partition coefficient (Wildman–Crippen LogP) is 1.83. The van der Waals surface area contributed by atoms with Crippen LogP contribution in [-0.2, 0) is 10.4 Å². The van der Waals surface area contributed by atoms with Crippen molar-refractivity contribution in [2.45, 2.75) is 26.4 Å². The van der Waals surface area contributed by atoms with E-state index in [0.717, 1.165) is 5.56 Å². The Hall–Kier alpha value is -1.06. The van der Waals surface area contributed by atoms with Gasteiger partial charge in [0.15, 0.2) is 0 Å². The molecule has 0 saturated carbocycles. The van der Waals surface area contributed by atoms with Gasteiger partial charge in [0, 0.05) is 5.56 Å². The van der Waals surface area contributed by atoms with Crippen molar-refractivity contribution in [3.05, 3.63) is 29.3 Å². The first-order valence-corrected chi connectivity index (χ1v) is 4.15. The molecular weight excluding hydrogens is 166 g/mol. The molecule has 13 heavy (non-hydrogen) atoms. The molecule has 0 heterocycles. The van der Waals surface area contributed by atoms with Gasteiger partial charge in [0.2, 0.25) is 0 Å². The Labute approximate surface area is 78.1 Å². The maximum Gasteiger partial charge on any atom is 0.121 e. The molecule has 0 spiro atoms. The van der Waals surface area contributed by atoms with Gasteiger partial charge in [-0.05, 0) is 32.4 Å². The third-order valence-corrected chi connectivity index (χ3v) is 2.10. The van der Waals surface area contributed by atoms with Crippen LogP contribution < -0.4 is 5.90 Å². The molecule has 3 nitrogen and oxygen atoms in total. The quantitative estimate of drug-likeness (QED) is 0.684. The van der Waals surface area contributed by atoms with Crippen LogP contribution in [0.15, 0.2) is 18.2 Å². The average Bonchev–Trinajstić information content (AvgIpc) is 2.03. The van der Waals surface area contributed by atoms with E-state index in [1.54, 1.807) is 19.9 Å². The summed E-state index contributed by atoms with van der Waals surface area (Å²) in [7, 11) is 0. The average molecular weight is 181 g/mol. The highest BCUT2D eigenvalue weighted by Gasteiger charge is 2.23. The number of benzene rings is 1. The maximum absolute atomic E-state index is 9.62. The maximum atomic E-state index is 9.62. The molecule has 3 heteroatoms. The molecule has 0 bridgehead atoms. The van der Waals surface area contributed by atoms with Gasteiger partial charge in [-0.3, -0.25) is 4.84 Å². The van der Waals surface area contributed by atoms with E-state index in [4.69, 9.17) is 10.7 Å². The minimum Gasteiger partial charge on any atom is -0.508 e. The highest BCUT2D eigenvalue weighted by atomic mass is 16.6. The van der Waals surface area contributed by atoms with Crippen molar-refractivity contribution in [3.8, 4) is 5.75 Å². The lowest BCUT2D eigenvalue weighted by Crippen LogP contribution is -2.25. The van der Waals surface area contributed by atoms with E-state index in [9.17, 15) is 5.11 Å². The Kier molecular flexibility index (Phi) is 2.59. The van der Waals surface area contributed by atoms with Gasteiger partial charge in [-0.1, -0.05) is 12.1 Å². The van der Waals surface area contributed by atoms with Gasteiger partial charge in [0.05, 0.1) is 0 Å². The zero-order valence-electron chi connectivity index (χ0n) is 8.16. The molecular formula is C10H15NO2. The second-order valence-corrected chi connectivity index (χ2v) is 3.65. The number of phenolic OH excluding ortho intramolecular Hbond substituents is 1. The molecule has 72 valence electrons. The summed E-state index contributed by atoms with van der Waals surface area (Å²) in [6.07, 6.45) is 0. The number of hydrogen-bond acceptors (Lipinski definition) is 3. The van der Waals surface area contributed by atoms with Crippen molar-refractivity contribution in [1.82, 2.24) is 0 Å². The van der Waals surface area contributed by atoms with E-state index >= 15 is 0 Å². The number of phenols is 1. The van der Waals surface area contributed by atoms with Crippen molar-refractivity contribution in [3.63, 3.8) is 0 Å². The number of aromatic hydroxyl groups is 1. The topological polar surface area (TPSA) is 55.5 Å². The van der Waals surface area contributed by atoms with Gasteiger partial charge >= 0.3 is 0 Å². The molecule has 0 amide bonds. The number of aryl methyl sites for hydroxylation is 1. The summed E-state index contributed by atoms with van der Waals surface area (Å²) in [5.41, 5.74) is 1.05. The fraction of sp³-hybridized carbons (Fsp3) is 0.400. The third-order valence-electron chi connectivity index (χ3n) is 2.10. The van der Waals surface area contributed by atoms with E-state index in [0.29, 0.717) is 5.56 Å². The molecule has 1 aromatic carbocycles. The van der Waals surface area contributed by atoms with Crippen molar-refractivity contribution in [2.24, 2.45) is 5.90 Å². The number of nitrogens with two attached hydrogens (primary N) is 1. The van der Waals surface area contributed by atoms with Crippen LogP contribution in [0.4, 0.5) is 0 Å². The van der Waals surface area contributed by atoms with Gasteiger partial charge in [0.25, 0.3) is 0 Å². The summed E-state index contributed by atoms with van der Waals surface area (Å²) in [5.74, 6) is 5.35. The van der Waals surface area contributed by atoms with Crippen LogP contribution in [0.25, 0.3) is 0 Å². The van der Waals surface area contributed by atoms with E-state index in [-0.39, 0.29) is 5.75 Å². The Morgan fingerprint density at radius 1 is 1.38 bits per heavy atom. The Morgan fingerprint density at radius 2 is 2.00 bits per heavy atom. The lowest BCUT2D eigenvalue weighted by Gasteiger charge is -2.23. The van der Waals surface area contributed by atoms with Crippen LogP contribution in [0.1, 0.15) is 25.0 Å². The summed E-state index contributed by atoms with van der Waals surface area (Å²) in [6.45, 7) is 5.52. The molecule has 0 fully saturated rings. The molecule has 0 radical (unpaired) electrons. The fourth-order valence-corrected chi connectivity index (χ4v) is 1.21. The second-order valence-electron chi connectivity index (χ2n) is 3.65. The SMILES string of the molecule is Cc1ccc(C(C)(C)ON)c(O)c1. The summed E-state index contributed by atoms with van der Waals surface area (Å²) in [5, 5.41) is 9.62. The Bertz CT molecular complexity index is 308. The van der Waals surface area contributed by atoms with E-state index in [2.05, 4.69) is 0 Å². The molecule has 0 aliphatic heterocycles. The summed E-state index contributed by atoms with van der Waals surface area (Å²) in [4.78, 5) is 4.78. The molecule has 0 atom stereocenters. The summed E-state index contributed by atoms with van der Waals surface area (Å²) < 4.78 is 0. The molecule has 0 aliphatic rings. The van der Waals surface area contributed by atoms with Crippen molar-refractivity contribution >= 4 is 0 Å². The predicted molar refractivity (Wildman–Crippen MR) is 51.1 cm³/mol. The smallest absolute Gasteiger partial charge is 0.121 e. The lowest BCUT2D eigenvalue weighted by atomic mass is 9.96. The molecule has 0 saturated heterocycles. The van der Waals surface area contributed by atoms with Crippen molar-refractivity contribution in [2.75, 3.05) is 0 Å². The first-order chi connectivity index (χ1) is 5.97. The third kappa shape index (κ3) is 1.99. The van der Waals surface area contributed by atoms with Crippen LogP contribution in [0.3, 0.4) is 0 Å². The van der Waals surface area contributed by atoms with Crippen LogP contribution in [0, 0.1) is 6.92 Å². The summed E-state index contributed by atoms with van der Waals surface area (Å²) in [6, 6.07) is 5.42. The fourth-order valence-electron chi connectivity index (χ4n) is 1.21. The molecule has 3 N–H and O–H groups in total. The summed E-state index contributed by atoms with van der Waals surface area (Å²) >= 11 is 0. The normalized spacial score (nSPS) is 11.7. The standard InChI is InChI=1S/C10H15NO2/c1-7-4-5-8(9(12)6-7)10(2,3)13-11/h4-6,12H,11H2,1-3H3. The largest absolute Gasteiger partial charge is 0.508 e. The Morgan fingerprint density at radius 3 is 2.46 bits per heavy atom. The monoisotopic (exact) mass is 181 g/mol. The van der Waals surface area contributed by atoms with Gasteiger partial charge in [-0.15, -0.1) is 0 Å². The van der Waals surface area contributed by atoms with Crippen LogP contribution in [0.5, 0.6) is 5.75 Å². The first-order valence-electron chi connectivity index (χ1n) is 4.15.